The molecule has 3 aromatic rings. The van der Waals surface area contributed by atoms with Crippen molar-refractivity contribution in [3.8, 4) is 0 Å². The maximum Gasteiger partial charge on any atom is 0.253 e. The van der Waals surface area contributed by atoms with E-state index in [4.69, 9.17) is 0 Å². The Labute approximate surface area is 170 Å². The monoisotopic (exact) mass is 434 g/mol. The Hall–Kier alpha value is -2.00. The van der Waals surface area contributed by atoms with E-state index in [-0.39, 0.29) is 17.3 Å². The van der Waals surface area contributed by atoms with E-state index in [1.165, 1.54) is 22.9 Å². The maximum absolute atomic E-state index is 13.3. The first-order valence-corrected chi connectivity index (χ1v) is 13.2. The summed E-state index contributed by atoms with van der Waals surface area (Å²) in [6.07, 6.45) is 3.05. The summed E-state index contributed by atoms with van der Waals surface area (Å²) in [7, 11) is -6.08. The minimum atomic E-state index is -3.73. The van der Waals surface area contributed by atoms with Crippen LogP contribution >= 0.6 is 11.3 Å². The number of thiophene rings is 1. The summed E-state index contributed by atoms with van der Waals surface area (Å²) in [6, 6.07) is 22.1. The highest BCUT2D eigenvalue weighted by Crippen LogP contribution is 2.32. The van der Waals surface area contributed by atoms with Gasteiger partial charge in [0, 0.05) is 35.3 Å². The van der Waals surface area contributed by atoms with Crippen molar-refractivity contribution in [3.63, 3.8) is 0 Å². The summed E-state index contributed by atoms with van der Waals surface area (Å²) in [4.78, 5) is 0. The van der Waals surface area contributed by atoms with Gasteiger partial charge in [-0.05, 0) is 23.3 Å². The van der Waals surface area contributed by atoms with Gasteiger partial charge in [0.05, 0.1) is 0 Å². The topological polar surface area (TPSA) is 66.8 Å². The Morgan fingerprint density at radius 1 is 0.786 bits per heavy atom. The summed E-state index contributed by atoms with van der Waals surface area (Å²) in [5.41, 5.74) is 1.82. The minimum absolute atomic E-state index is 0.196. The molecule has 0 aliphatic heterocycles. The van der Waals surface area contributed by atoms with Crippen LogP contribution in [0.3, 0.4) is 0 Å². The number of hydrogen-bond acceptors (Lipinski definition) is 5. The molecule has 8 heteroatoms. The second-order valence-electron chi connectivity index (χ2n) is 6.61. The molecular formula is C20H22N2O3S3. The molecule has 5 nitrogen and oxygen atoms in total. The zero-order valence-corrected chi connectivity index (χ0v) is 18.1. The third-order valence-corrected chi connectivity index (χ3v) is 7.86. The van der Waals surface area contributed by atoms with E-state index < -0.39 is 19.8 Å². The fourth-order valence-electron chi connectivity index (χ4n) is 2.64. The van der Waals surface area contributed by atoms with Crippen molar-refractivity contribution < 1.29 is 12.6 Å². The SMILES string of the molecule is CS(C)(=O)=Nc1ccc(S(=O)(=O)N(Cc2ccccc2)Cc2ccccc2)s1. The lowest BCUT2D eigenvalue weighted by Crippen LogP contribution is -2.29. The molecule has 0 radical (unpaired) electrons. The van der Waals surface area contributed by atoms with Crippen LogP contribution in [0, 0.1) is 0 Å². The zero-order valence-electron chi connectivity index (χ0n) is 15.7. The zero-order chi connectivity index (χ0) is 20.2. The van der Waals surface area contributed by atoms with E-state index in [1.54, 1.807) is 6.07 Å². The lowest BCUT2D eigenvalue weighted by Gasteiger charge is -2.21. The van der Waals surface area contributed by atoms with E-state index in [9.17, 15) is 12.6 Å². The van der Waals surface area contributed by atoms with Crippen LogP contribution in [0.1, 0.15) is 11.1 Å². The van der Waals surface area contributed by atoms with E-state index >= 15 is 0 Å². The molecule has 0 bridgehead atoms. The van der Waals surface area contributed by atoms with Crippen molar-refractivity contribution >= 4 is 36.1 Å². The first-order valence-electron chi connectivity index (χ1n) is 8.59. The highest BCUT2D eigenvalue weighted by Gasteiger charge is 2.27. The predicted octanol–water partition coefficient (Wildman–Crippen LogP) is 4.50. The second-order valence-corrected chi connectivity index (χ2v) is 12.4. The summed E-state index contributed by atoms with van der Waals surface area (Å²) >= 11 is 1.04. The summed E-state index contributed by atoms with van der Waals surface area (Å²) < 4.78 is 44.4. The minimum Gasteiger partial charge on any atom is -0.250 e. The normalized spacial score (nSPS) is 12.2. The Morgan fingerprint density at radius 2 is 1.29 bits per heavy atom. The van der Waals surface area contributed by atoms with Gasteiger partial charge in [-0.3, -0.25) is 0 Å². The molecule has 0 fully saturated rings. The van der Waals surface area contributed by atoms with Crippen molar-refractivity contribution in [2.45, 2.75) is 17.3 Å². The van der Waals surface area contributed by atoms with Crippen LogP contribution in [-0.2, 0) is 32.8 Å². The standard InChI is InChI=1S/C20H22N2O3S3/c1-27(2,23)21-19-13-14-20(26-19)28(24,25)22(15-17-9-5-3-6-10-17)16-18-11-7-4-8-12-18/h3-14H,15-16H2,1-2H3. The fraction of sp³-hybridized carbons (Fsp3) is 0.200. The van der Waals surface area contributed by atoms with Gasteiger partial charge in [0.25, 0.3) is 10.0 Å². The van der Waals surface area contributed by atoms with Gasteiger partial charge >= 0.3 is 0 Å². The molecular weight excluding hydrogens is 412 g/mol. The molecule has 1 heterocycles. The number of rotatable bonds is 7. The van der Waals surface area contributed by atoms with Crippen LogP contribution in [0.2, 0.25) is 0 Å². The lowest BCUT2D eigenvalue weighted by atomic mass is 10.2. The molecule has 0 aliphatic carbocycles. The van der Waals surface area contributed by atoms with E-state index in [0.717, 1.165) is 22.5 Å². The van der Waals surface area contributed by atoms with Crippen LogP contribution in [-0.4, -0.2) is 29.4 Å². The van der Waals surface area contributed by atoms with Crippen molar-refractivity contribution in [2.24, 2.45) is 4.36 Å². The highest BCUT2D eigenvalue weighted by molar-refractivity contribution is 7.92. The number of sulfonamides is 1. The van der Waals surface area contributed by atoms with Gasteiger partial charge in [0.15, 0.2) is 0 Å². The van der Waals surface area contributed by atoms with Gasteiger partial charge in [-0.1, -0.05) is 60.7 Å². The molecule has 0 spiro atoms. The lowest BCUT2D eigenvalue weighted by molar-refractivity contribution is 0.402. The third-order valence-electron chi connectivity index (χ3n) is 3.87. The van der Waals surface area contributed by atoms with E-state index in [0.29, 0.717) is 5.00 Å². The molecule has 0 aliphatic rings. The molecule has 2 aromatic carbocycles. The van der Waals surface area contributed by atoms with Crippen LogP contribution in [0.5, 0.6) is 0 Å². The van der Waals surface area contributed by atoms with Gasteiger partial charge in [0.2, 0.25) is 0 Å². The van der Waals surface area contributed by atoms with Crippen LogP contribution in [0.15, 0.2) is 81.4 Å². The summed E-state index contributed by atoms with van der Waals surface area (Å²) in [6.45, 7) is 0.529. The van der Waals surface area contributed by atoms with Gasteiger partial charge in [-0.25, -0.2) is 12.6 Å². The number of hydrogen-bond donors (Lipinski definition) is 0. The molecule has 0 saturated carbocycles. The predicted molar refractivity (Wildman–Crippen MR) is 116 cm³/mol. The van der Waals surface area contributed by atoms with Gasteiger partial charge in [-0.2, -0.15) is 8.67 Å². The van der Waals surface area contributed by atoms with E-state index in [2.05, 4.69) is 4.36 Å². The number of benzene rings is 2. The van der Waals surface area contributed by atoms with Crippen molar-refractivity contribution in [1.82, 2.24) is 4.31 Å². The molecule has 1 aromatic heterocycles. The van der Waals surface area contributed by atoms with Crippen molar-refractivity contribution in [2.75, 3.05) is 12.5 Å². The molecule has 0 unspecified atom stereocenters. The smallest absolute Gasteiger partial charge is 0.250 e. The average molecular weight is 435 g/mol. The second kappa shape index (κ2) is 8.57. The molecule has 0 atom stereocenters. The van der Waals surface area contributed by atoms with Crippen molar-refractivity contribution in [3.05, 3.63) is 83.9 Å². The fourth-order valence-corrected chi connectivity index (χ4v) is 6.43. The first kappa shape index (κ1) is 20.7. The average Bonchev–Trinajstić information content (AvgIpc) is 3.10. The Morgan fingerprint density at radius 3 is 1.75 bits per heavy atom. The molecule has 0 saturated heterocycles. The Balaban J connectivity index is 1.97. The van der Waals surface area contributed by atoms with E-state index in [1.807, 2.05) is 60.7 Å². The quantitative estimate of drug-likeness (QED) is 0.550. The number of nitrogens with zero attached hydrogens (tertiary/aromatic N) is 2. The van der Waals surface area contributed by atoms with Gasteiger partial charge in [0.1, 0.15) is 9.21 Å². The van der Waals surface area contributed by atoms with Crippen molar-refractivity contribution in [1.29, 1.82) is 0 Å². The maximum atomic E-state index is 13.3. The molecule has 0 N–H and O–H groups in total. The molecule has 148 valence electrons. The largest absolute Gasteiger partial charge is 0.253 e. The van der Waals surface area contributed by atoms with Crippen LogP contribution < -0.4 is 0 Å². The molecule has 0 amide bonds. The highest BCUT2D eigenvalue weighted by atomic mass is 32.2. The van der Waals surface area contributed by atoms with Crippen LogP contribution in [0.4, 0.5) is 5.00 Å². The molecule has 3 rings (SSSR count). The first-order chi connectivity index (χ1) is 13.2. The third kappa shape index (κ3) is 5.51. The van der Waals surface area contributed by atoms with Gasteiger partial charge in [-0.15, -0.1) is 11.3 Å². The van der Waals surface area contributed by atoms with Gasteiger partial charge < -0.3 is 0 Å². The Bertz CT molecular complexity index is 1100. The molecule has 28 heavy (non-hydrogen) atoms. The summed E-state index contributed by atoms with van der Waals surface area (Å²) in [5.74, 6) is 0. The van der Waals surface area contributed by atoms with Crippen LogP contribution in [0.25, 0.3) is 0 Å². The Kier molecular flexibility index (Phi) is 6.34. The summed E-state index contributed by atoms with van der Waals surface area (Å²) in [5, 5.41) is 0.452.